The van der Waals surface area contributed by atoms with Crippen molar-refractivity contribution in [2.75, 3.05) is 39.5 Å². The summed E-state index contributed by atoms with van der Waals surface area (Å²) in [4.78, 5) is 13.1. The Morgan fingerprint density at radius 3 is 2.67 bits per heavy atom. The number of carboxylic acids is 1. The fourth-order valence-electron chi connectivity index (χ4n) is 2.55. The molecule has 24 heavy (non-hydrogen) atoms. The van der Waals surface area contributed by atoms with Gasteiger partial charge < -0.3 is 14.6 Å². The zero-order valence-corrected chi connectivity index (χ0v) is 14.7. The number of carbonyl (C=O) groups is 1. The summed E-state index contributed by atoms with van der Waals surface area (Å²) in [6.07, 6.45) is 2.75. The van der Waals surface area contributed by atoms with Crippen LogP contribution >= 0.6 is 0 Å². The standard InChI is InChI=1S/C19H27NO4/c1-19(2,3)16-5-6-17(15(14-16)4-7-18(21)22)24-13-10-20-8-11-23-12-9-20/h4-7,14H,8-13H2,1-3H3,(H,21,22)/b7-4+. The van der Waals surface area contributed by atoms with E-state index in [9.17, 15) is 4.79 Å². The summed E-state index contributed by atoms with van der Waals surface area (Å²) in [7, 11) is 0. The van der Waals surface area contributed by atoms with Crippen LogP contribution in [-0.2, 0) is 14.9 Å². The van der Waals surface area contributed by atoms with Gasteiger partial charge in [0.1, 0.15) is 12.4 Å². The first-order valence-electron chi connectivity index (χ1n) is 8.35. The predicted octanol–water partition coefficient (Wildman–Crippen LogP) is 2.79. The first-order valence-corrected chi connectivity index (χ1v) is 8.35. The van der Waals surface area contributed by atoms with Gasteiger partial charge in [-0.3, -0.25) is 4.90 Å². The topological polar surface area (TPSA) is 59.0 Å². The maximum Gasteiger partial charge on any atom is 0.328 e. The van der Waals surface area contributed by atoms with Crippen LogP contribution in [0.4, 0.5) is 0 Å². The van der Waals surface area contributed by atoms with E-state index in [1.165, 1.54) is 0 Å². The van der Waals surface area contributed by atoms with Crippen molar-refractivity contribution < 1.29 is 19.4 Å². The van der Waals surface area contributed by atoms with Gasteiger partial charge in [-0.25, -0.2) is 4.79 Å². The van der Waals surface area contributed by atoms with Crippen molar-refractivity contribution in [1.82, 2.24) is 4.90 Å². The van der Waals surface area contributed by atoms with Gasteiger partial charge in [-0.05, 0) is 29.2 Å². The minimum absolute atomic E-state index is 0.00184. The maximum atomic E-state index is 10.8. The second-order valence-corrected chi connectivity index (χ2v) is 6.98. The average molecular weight is 333 g/mol. The number of ether oxygens (including phenoxy) is 2. The summed E-state index contributed by atoms with van der Waals surface area (Å²) in [5, 5.41) is 8.89. The Balaban J connectivity index is 2.07. The van der Waals surface area contributed by atoms with Gasteiger partial charge in [0, 0.05) is 31.3 Å². The summed E-state index contributed by atoms with van der Waals surface area (Å²) in [5.74, 6) is -0.246. The zero-order chi connectivity index (χ0) is 17.6. The lowest BCUT2D eigenvalue weighted by molar-refractivity contribution is -0.131. The van der Waals surface area contributed by atoms with E-state index in [2.05, 4.69) is 25.7 Å². The van der Waals surface area contributed by atoms with Crippen molar-refractivity contribution in [2.24, 2.45) is 0 Å². The molecule has 1 aromatic carbocycles. The van der Waals surface area contributed by atoms with Crippen LogP contribution in [0, 0.1) is 0 Å². The van der Waals surface area contributed by atoms with Crippen LogP contribution in [0.2, 0.25) is 0 Å². The van der Waals surface area contributed by atoms with E-state index in [1.54, 1.807) is 6.08 Å². The third-order valence-electron chi connectivity index (χ3n) is 4.05. The van der Waals surface area contributed by atoms with E-state index < -0.39 is 5.97 Å². The van der Waals surface area contributed by atoms with Crippen LogP contribution in [-0.4, -0.2) is 55.4 Å². The van der Waals surface area contributed by atoms with Crippen LogP contribution in [0.1, 0.15) is 31.9 Å². The Morgan fingerprint density at radius 1 is 1.33 bits per heavy atom. The second kappa shape index (κ2) is 8.31. The Morgan fingerprint density at radius 2 is 2.04 bits per heavy atom. The Labute approximate surface area is 143 Å². The summed E-state index contributed by atoms with van der Waals surface area (Å²) in [6.45, 7) is 11.2. The highest BCUT2D eigenvalue weighted by molar-refractivity contribution is 5.86. The average Bonchev–Trinajstić information content (AvgIpc) is 2.53. The molecule has 0 atom stereocenters. The van der Waals surface area contributed by atoms with Gasteiger partial charge in [-0.15, -0.1) is 0 Å². The summed E-state index contributed by atoms with van der Waals surface area (Å²) in [5.41, 5.74) is 1.94. The Kier molecular flexibility index (Phi) is 6.40. The third-order valence-corrected chi connectivity index (χ3v) is 4.05. The molecule has 0 unspecified atom stereocenters. The van der Waals surface area contributed by atoms with Crippen molar-refractivity contribution in [3.8, 4) is 5.75 Å². The lowest BCUT2D eigenvalue weighted by atomic mass is 9.86. The minimum Gasteiger partial charge on any atom is -0.492 e. The maximum absolute atomic E-state index is 10.8. The van der Waals surface area contributed by atoms with E-state index >= 15 is 0 Å². The molecule has 0 spiro atoms. The van der Waals surface area contributed by atoms with Crippen LogP contribution < -0.4 is 4.74 Å². The molecular formula is C19H27NO4. The second-order valence-electron chi connectivity index (χ2n) is 6.98. The van der Waals surface area contributed by atoms with Gasteiger partial charge in [-0.1, -0.05) is 26.8 Å². The largest absolute Gasteiger partial charge is 0.492 e. The van der Waals surface area contributed by atoms with Crippen molar-refractivity contribution in [3.63, 3.8) is 0 Å². The summed E-state index contributed by atoms with van der Waals surface area (Å²) >= 11 is 0. The van der Waals surface area contributed by atoms with Crippen molar-refractivity contribution in [1.29, 1.82) is 0 Å². The predicted molar refractivity (Wildman–Crippen MR) is 94.6 cm³/mol. The quantitative estimate of drug-likeness (QED) is 0.811. The molecule has 1 N–H and O–H groups in total. The molecule has 1 aromatic rings. The van der Waals surface area contributed by atoms with E-state index in [1.807, 2.05) is 18.2 Å². The monoisotopic (exact) mass is 333 g/mol. The van der Waals surface area contributed by atoms with Crippen molar-refractivity contribution >= 4 is 12.0 Å². The van der Waals surface area contributed by atoms with Crippen molar-refractivity contribution in [2.45, 2.75) is 26.2 Å². The molecule has 5 heteroatoms. The highest BCUT2D eigenvalue weighted by Crippen LogP contribution is 2.29. The summed E-state index contributed by atoms with van der Waals surface area (Å²) < 4.78 is 11.2. The molecule has 1 heterocycles. The molecule has 0 radical (unpaired) electrons. The van der Waals surface area contributed by atoms with Crippen molar-refractivity contribution in [3.05, 3.63) is 35.4 Å². The molecular weight excluding hydrogens is 306 g/mol. The molecule has 0 bridgehead atoms. The van der Waals surface area contributed by atoms with Gasteiger partial charge >= 0.3 is 5.97 Å². The lowest BCUT2D eigenvalue weighted by Gasteiger charge is -2.26. The molecule has 5 nitrogen and oxygen atoms in total. The van der Waals surface area contributed by atoms with E-state index in [-0.39, 0.29) is 5.41 Å². The molecule has 1 saturated heterocycles. The van der Waals surface area contributed by atoms with Crippen LogP contribution in [0.5, 0.6) is 5.75 Å². The summed E-state index contributed by atoms with van der Waals surface area (Å²) in [6, 6.07) is 5.98. The molecule has 1 fully saturated rings. The minimum atomic E-state index is -0.963. The number of benzene rings is 1. The molecule has 0 saturated carbocycles. The number of carboxylic acid groups (broad SMARTS) is 1. The SMILES string of the molecule is CC(C)(C)c1ccc(OCCN2CCOCC2)c(/C=C/C(=O)O)c1. The fourth-order valence-corrected chi connectivity index (χ4v) is 2.55. The zero-order valence-electron chi connectivity index (χ0n) is 14.7. The first kappa shape index (κ1) is 18.5. The third kappa shape index (κ3) is 5.65. The van der Waals surface area contributed by atoms with E-state index in [4.69, 9.17) is 14.6 Å². The number of hydrogen-bond donors (Lipinski definition) is 1. The van der Waals surface area contributed by atoms with Crippen LogP contribution in [0.3, 0.4) is 0 Å². The first-order chi connectivity index (χ1) is 11.4. The number of hydrogen-bond acceptors (Lipinski definition) is 4. The number of rotatable bonds is 6. The molecule has 1 aliphatic rings. The normalized spacial score (nSPS) is 16.5. The number of morpholine rings is 1. The van der Waals surface area contributed by atoms with Gasteiger partial charge in [-0.2, -0.15) is 0 Å². The molecule has 1 aliphatic heterocycles. The van der Waals surface area contributed by atoms with Gasteiger partial charge in [0.2, 0.25) is 0 Å². The van der Waals surface area contributed by atoms with E-state index in [0.29, 0.717) is 12.4 Å². The highest BCUT2D eigenvalue weighted by atomic mass is 16.5. The molecule has 0 aromatic heterocycles. The van der Waals surface area contributed by atoms with Gasteiger partial charge in [0.25, 0.3) is 0 Å². The van der Waals surface area contributed by atoms with Crippen LogP contribution in [0.15, 0.2) is 24.3 Å². The molecule has 0 aliphatic carbocycles. The van der Waals surface area contributed by atoms with Crippen LogP contribution in [0.25, 0.3) is 6.08 Å². The molecule has 2 rings (SSSR count). The highest BCUT2D eigenvalue weighted by Gasteiger charge is 2.16. The van der Waals surface area contributed by atoms with Gasteiger partial charge in [0.15, 0.2) is 0 Å². The fraction of sp³-hybridized carbons (Fsp3) is 0.526. The smallest absolute Gasteiger partial charge is 0.328 e. The number of nitrogens with zero attached hydrogens (tertiary/aromatic N) is 1. The Bertz CT molecular complexity index is 584. The lowest BCUT2D eigenvalue weighted by Crippen LogP contribution is -2.38. The number of aliphatic carboxylic acids is 1. The molecule has 132 valence electrons. The van der Waals surface area contributed by atoms with E-state index in [0.717, 1.165) is 50.1 Å². The van der Waals surface area contributed by atoms with Gasteiger partial charge in [0.05, 0.1) is 13.2 Å². The molecule has 0 amide bonds. The Hall–Kier alpha value is -1.85.